The Morgan fingerprint density at radius 3 is 1.32 bits per heavy atom. The van der Waals surface area contributed by atoms with Crippen molar-refractivity contribution in [3.05, 3.63) is 59.7 Å². The van der Waals surface area contributed by atoms with Crippen LogP contribution in [0, 0.1) is 13.8 Å². The second-order valence-electron chi connectivity index (χ2n) is 5.34. The highest BCUT2D eigenvalue weighted by Gasteiger charge is 2.14. The standard InChI is InChI=1S/C18H16N2.C2H6/c1-11-13-7-3-5-9-15(13)19-17(11)18-12(2)14-8-4-6-10-16(14)20-18;1-2/h3-10,19-20H,1-2H3;1-2H3. The first kappa shape index (κ1) is 14.5. The maximum atomic E-state index is 3.55. The van der Waals surface area contributed by atoms with E-state index >= 15 is 0 Å². The lowest BCUT2D eigenvalue weighted by Gasteiger charge is -1.99. The SMILES string of the molecule is CC.Cc1c(-c2[nH]c3ccccc3c2C)[nH]c2ccccc12. The van der Waals surface area contributed by atoms with Crippen molar-refractivity contribution in [3.8, 4) is 11.4 Å². The van der Waals surface area contributed by atoms with E-state index in [1.54, 1.807) is 0 Å². The molecule has 2 heteroatoms. The molecule has 0 amide bonds. The summed E-state index contributed by atoms with van der Waals surface area (Å²) in [6.07, 6.45) is 0. The zero-order chi connectivity index (χ0) is 15.7. The third-order valence-electron chi connectivity index (χ3n) is 4.18. The average Bonchev–Trinajstić information content (AvgIpc) is 3.08. The van der Waals surface area contributed by atoms with Crippen LogP contribution in [0.25, 0.3) is 33.2 Å². The zero-order valence-electron chi connectivity index (χ0n) is 13.6. The number of aryl methyl sites for hydroxylation is 2. The van der Waals surface area contributed by atoms with Crippen molar-refractivity contribution in [1.82, 2.24) is 9.97 Å². The molecule has 2 aromatic heterocycles. The summed E-state index contributed by atoms with van der Waals surface area (Å²) >= 11 is 0. The number of fused-ring (bicyclic) bond motifs is 2. The van der Waals surface area contributed by atoms with Gasteiger partial charge in [-0.05, 0) is 37.1 Å². The molecule has 4 aromatic rings. The number of benzene rings is 2. The molecule has 0 bridgehead atoms. The number of aromatic amines is 2. The van der Waals surface area contributed by atoms with E-state index in [1.165, 1.54) is 44.3 Å². The van der Waals surface area contributed by atoms with E-state index in [-0.39, 0.29) is 0 Å². The van der Waals surface area contributed by atoms with Gasteiger partial charge in [-0.25, -0.2) is 0 Å². The molecule has 0 unspecified atom stereocenters. The summed E-state index contributed by atoms with van der Waals surface area (Å²) in [4.78, 5) is 7.10. The molecular formula is C20H22N2. The summed E-state index contributed by atoms with van der Waals surface area (Å²) in [6.45, 7) is 8.36. The van der Waals surface area contributed by atoms with Crippen LogP contribution in [-0.4, -0.2) is 9.97 Å². The monoisotopic (exact) mass is 290 g/mol. The number of nitrogens with one attached hydrogen (secondary N) is 2. The van der Waals surface area contributed by atoms with Crippen LogP contribution in [0.1, 0.15) is 25.0 Å². The molecule has 0 aliphatic heterocycles. The molecule has 0 radical (unpaired) electrons. The summed E-state index contributed by atoms with van der Waals surface area (Å²) in [5, 5.41) is 2.58. The van der Waals surface area contributed by atoms with Crippen molar-refractivity contribution in [2.24, 2.45) is 0 Å². The number of rotatable bonds is 1. The predicted octanol–water partition coefficient (Wildman–Crippen LogP) is 5.96. The van der Waals surface area contributed by atoms with E-state index in [1.807, 2.05) is 13.8 Å². The largest absolute Gasteiger partial charge is 0.353 e. The van der Waals surface area contributed by atoms with E-state index in [0.717, 1.165) is 0 Å². The first-order valence-electron chi connectivity index (χ1n) is 7.90. The summed E-state index contributed by atoms with van der Waals surface area (Å²) < 4.78 is 0. The minimum absolute atomic E-state index is 1.19. The highest BCUT2D eigenvalue weighted by Crippen LogP contribution is 2.34. The smallest absolute Gasteiger partial charge is 0.0663 e. The first-order valence-corrected chi connectivity index (χ1v) is 7.90. The minimum atomic E-state index is 1.19. The Morgan fingerprint density at radius 1 is 0.591 bits per heavy atom. The number of hydrogen-bond acceptors (Lipinski definition) is 0. The van der Waals surface area contributed by atoms with Gasteiger partial charge in [0.25, 0.3) is 0 Å². The zero-order valence-corrected chi connectivity index (χ0v) is 13.6. The number of H-pyrrole nitrogens is 2. The normalized spacial score (nSPS) is 10.7. The van der Waals surface area contributed by atoms with E-state index in [0.29, 0.717) is 0 Å². The Hall–Kier alpha value is -2.48. The Kier molecular flexibility index (Phi) is 3.76. The van der Waals surface area contributed by atoms with Gasteiger partial charge in [-0.15, -0.1) is 0 Å². The molecule has 0 saturated carbocycles. The molecule has 0 fully saturated rings. The molecule has 112 valence electrons. The maximum Gasteiger partial charge on any atom is 0.0663 e. The fourth-order valence-corrected chi connectivity index (χ4v) is 3.06. The molecule has 0 spiro atoms. The van der Waals surface area contributed by atoms with Gasteiger partial charge in [0, 0.05) is 21.8 Å². The molecule has 22 heavy (non-hydrogen) atoms. The van der Waals surface area contributed by atoms with Gasteiger partial charge in [0.2, 0.25) is 0 Å². The first-order chi connectivity index (χ1) is 10.8. The van der Waals surface area contributed by atoms with Gasteiger partial charge in [-0.2, -0.15) is 0 Å². The molecule has 0 aliphatic rings. The van der Waals surface area contributed by atoms with Gasteiger partial charge in [-0.1, -0.05) is 50.2 Å². The van der Waals surface area contributed by atoms with Gasteiger partial charge in [-0.3, -0.25) is 0 Å². The molecule has 2 N–H and O–H groups in total. The lowest BCUT2D eigenvalue weighted by Crippen LogP contribution is -1.83. The van der Waals surface area contributed by atoms with Crippen LogP contribution >= 0.6 is 0 Å². The molecule has 0 aliphatic carbocycles. The van der Waals surface area contributed by atoms with E-state index < -0.39 is 0 Å². The van der Waals surface area contributed by atoms with E-state index in [4.69, 9.17) is 0 Å². The van der Waals surface area contributed by atoms with Crippen LogP contribution in [0.4, 0.5) is 0 Å². The van der Waals surface area contributed by atoms with E-state index in [2.05, 4.69) is 72.3 Å². The summed E-state index contributed by atoms with van der Waals surface area (Å²) in [7, 11) is 0. The summed E-state index contributed by atoms with van der Waals surface area (Å²) in [6, 6.07) is 16.9. The highest BCUT2D eigenvalue weighted by atomic mass is 14.8. The van der Waals surface area contributed by atoms with Crippen LogP contribution in [0.2, 0.25) is 0 Å². The van der Waals surface area contributed by atoms with Crippen LogP contribution in [-0.2, 0) is 0 Å². The maximum absolute atomic E-state index is 3.55. The Bertz CT molecular complexity index is 847. The number of aromatic nitrogens is 2. The lowest BCUT2D eigenvalue weighted by molar-refractivity contribution is 1.32. The lowest BCUT2D eigenvalue weighted by atomic mass is 10.1. The second-order valence-corrected chi connectivity index (χ2v) is 5.34. The van der Waals surface area contributed by atoms with Crippen LogP contribution in [0.15, 0.2) is 48.5 Å². The van der Waals surface area contributed by atoms with Crippen LogP contribution in [0.3, 0.4) is 0 Å². The van der Waals surface area contributed by atoms with Gasteiger partial charge in [0.15, 0.2) is 0 Å². The molecule has 2 nitrogen and oxygen atoms in total. The second kappa shape index (κ2) is 5.72. The fourth-order valence-electron chi connectivity index (χ4n) is 3.06. The predicted molar refractivity (Wildman–Crippen MR) is 96.4 cm³/mol. The van der Waals surface area contributed by atoms with Crippen molar-refractivity contribution in [2.45, 2.75) is 27.7 Å². The molecular weight excluding hydrogens is 268 g/mol. The van der Waals surface area contributed by atoms with Crippen molar-refractivity contribution in [1.29, 1.82) is 0 Å². The topological polar surface area (TPSA) is 31.6 Å². The number of para-hydroxylation sites is 2. The highest BCUT2D eigenvalue weighted by molar-refractivity contribution is 5.95. The van der Waals surface area contributed by atoms with Crippen LogP contribution < -0.4 is 0 Å². The Balaban J connectivity index is 0.000000693. The van der Waals surface area contributed by atoms with Crippen LogP contribution in [0.5, 0.6) is 0 Å². The summed E-state index contributed by atoms with van der Waals surface area (Å²) in [5.41, 5.74) is 7.38. The Morgan fingerprint density at radius 2 is 0.955 bits per heavy atom. The average molecular weight is 290 g/mol. The minimum Gasteiger partial charge on any atom is -0.353 e. The molecule has 0 atom stereocenters. The molecule has 2 heterocycles. The number of hydrogen-bond donors (Lipinski definition) is 2. The van der Waals surface area contributed by atoms with E-state index in [9.17, 15) is 0 Å². The quantitative estimate of drug-likeness (QED) is 0.433. The third-order valence-corrected chi connectivity index (χ3v) is 4.18. The molecule has 4 rings (SSSR count). The Labute approximate surface area is 131 Å². The van der Waals surface area contributed by atoms with Crippen molar-refractivity contribution in [2.75, 3.05) is 0 Å². The van der Waals surface area contributed by atoms with Crippen molar-refractivity contribution in [3.63, 3.8) is 0 Å². The molecule has 2 aromatic carbocycles. The van der Waals surface area contributed by atoms with Gasteiger partial charge < -0.3 is 9.97 Å². The van der Waals surface area contributed by atoms with Crippen molar-refractivity contribution < 1.29 is 0 Å². The summed E-state index contributed by atoms with van der Waals surface area (Å²) in [5.74, 6) is 0. The molecule has 0 saturated heterocycles. The van der Waals surface area contributed by atoms with Gasteiger partial charge >= 0.3 is 0 Å². The third kappa shape index (κ3) is 2.12. The van der Waals surface area contributed by atoms with Crippen molar-refractivity contribution >= 4 is 21.8 Å². The van der Waals surface area contributed by atoms with Gasteiger partial charge in [0.1, 0.15) is 0 Å². The van der Waals surface area contributed by atoms with Gasteiger partial charge in [0.05, 0.1) is 11.4 Å². The fraction of sp³-hybridized carbons (Fsp3) is 0.200.